The number of hydrogen-bond acceptors (Lipinski definition) is 8. The van der Waals surface area contributed by atoms with Crippen molar-refractivity contribution >= 4 is 63.8 Å². The van der Waals surface area contributed by atoms with E-state index in [9.17, 15) is 19.2 Å². The Labute approximate surface area is 283 Å². The van der Waals surface area contributed by atoms with Gasteiger partial charge in [0.2, 0.25) is 17.7 Å². The number of imide groups is 1. The van der Waals surface area contributed by atoms with E-state index in [-0.39, 0.29) is 58.1 Å². The molecular weight excluding hydrogens is 658 g/mol. The third kappa shape index (κ3) is 4.73. The summed E-state index contributed by atoms with van der Waals surface area (Å²) in [5, 5.41) is 4.14. The van der Waals surface area contributed by atoms with Crippen LogP contribution in [0.1, 0.15) is 22.8 Å². The highest BCUT2D eigenvalue weighted by Crippen LogP contribution is 2.69. The quantitative estimate of drug-likeness (QED) is 0.241. The van der Waals surface area contributed by atoms with Gasteiger partial charge < -0.3 is 14.8 Å². The van der Waals surface area contributed by atoms with Crippen LogP contribution in [-0.4, -0.2) is 41.8 Å². The Morgan fingerprint density at radius 3 is 2.32 bits per heavy atom. The van der Waals surface area contributed by atoms with Crippen LogP contribution < -0.4 is 24.6 Å². The van der Waals surface area contributed by atoms with Gasteiger partial charge in [0.25, 0.3) is 0 Å². The number of para-hydroxylation sites is 1. The number of ether oxygens (including phenoxy) is 2. The maximum absolute atomic E-state index is 14.0. The fraction of sp³-hybridized carbons (Fsp3) is 0.314. The third-order valence-electron chi connectivity index (χ3n) is 10.2. The number of nitrogens with one attached hydrogen (secondary N) is 1. The summed E-state index contributed by atoms with van der Waals surface area (Å²) in [5.41, 5.74) is 2.13. The van der Waals surface area contributed by atoms with Crippen LogP contribution in [0.25, 0.3) is 0 Å². The molecule has 3 aromatic carbocycles. The van der Waals surface area contributed by atoms with Crippen molar-refractivity contribution < 1.29 is 23.9 Å². The lowest BCUT2D eigenvalue weighted by atomic mass is 9.68. The monoisotopic (exact) mass is 687 g/mol. The highest BCUT2D eigenvalue weighted by molar-refractivity contribution is 8.00. The molecule has 47 heavy (non-hydrogen) atoms. The van der Waals surface area contributed by atoms with Crippen molar-refractivity contribution in [2.75, 3.05) is 24.4 Å². The lowest BCUT2D eigenvalue weighted by Gasteiger charge is -2.43. The summed E-state index contributed by atoms with van der Waals surface area (Å²) in [5.74, 6) is -0.611. The summed E-state index contributed by atoms with van der Waals surface area (Å²) < 4.78 is 12.8. The number of amides is 3. The maximum atomic E-state index is 14.0. The Balaban J connectivity index is 1.20. The average molecular weight is 688 g/mol. The molecule has 3 fully saturated rings. The third-order valence-corrected chi connectivity index (χ3v) is 13.2. The van der Waals surface area contributed by atoms with E-state index in [0.29, 0.717) is 27.9 Å². The number of anilines is 2. The molecule has 3 heterocycles. The Morgan fingerprint density at radius 2 is 1.62 bits per heavy atom. The first-order valence-corrected chi connectivity index (χ1v) is 17.5. The van der Waals surface area contributed by atoms with Gasteiger partial charge in [-0.25, -0.2) is 0 Å². The van der Waals surface area contributed by atoms with E-state index in [1.165, 1.54) is 4.90 Å². The van der Waals surface area contributed by atoms with Crippen LogP contribution in [0.4, 0.5) is 11.4 Å². The highest BCUT2D eigenvalue weighted by atomic mass is 35.5. The second-order valence-corrected chi connectivity index (χ2v) is 15.0. The molecule has 7 atom stereocenters. The van der Waals surface area contributed by atoms with Crippen LogP contribution in [0.5, 0.6) is 11.5 Å². The number of carbonyl (C=O) groups excluding carboxylic acids is 3. The lowest BCUT2D eigenvalue weighted by Crippen LogP contribution is -2.43. The largest absolute Gasteiger partial charge is 0.493 e. The molecule has 240 valence electrons. The molecule has 4 aliphatic rings. The van der Waals surface area contributed by atoms with Crippen molar-refractivity contribution in [2.24, 2.45) is 29.6 Å². The standard InChI is InChI=1S/C35H30ClN3O6S2/c1-44-23-13-8-17(14-24(23)45-2)26-27-21-15-22(29-28(21)32(41)39(33(29)42)20-6-4-3-5-7-20)30(27)46-34-31(26)47-35(43)38(34)16-25(40)37-19-11-9-18(36)10-12-19/h3-14,21-22,26-30H,15-16H2,1-2H3,(H,37,40). The van der Waals surface area contributed by atoms with Crippen LogP contribution in [-0.2, 0) is 20.9 Å². The molecule has 12 heteroatoms. The van der Waals surface area contributed by atoms with Crippen molar-refractivity contribution in [1.82, 2.24) is 4.57 Å². The number of benzene rings is 3. The van der Waals surface area contributed by atoms with Gasteiger partial charge in [0, 0.05) is 26.8 Å². The normalized spacial score (nSPS) is 27.0. The first-order valence-electron chi connectivity index (χ1n) is 15.4. The molecule has 1 aromatic heterocycles. The molecule has 8 rings (SSSR count). The van der Waals surface area contributed by atoms with E-state index >= 15 is 0 Å². The molecule has 1 N–H and O–H groups in total. The van der Waals surface area contributed by atoms with Crippen LogP contribution in [0.3, 0.4) is 0 Å². The second kappa shape index (κ2) is 11.6. The molecule has 3 amide bonds. The number of aromatic nitrogens is 1. The number of fused-ring (bicyclic) bond motifs is 9. The molecule has 4 aromatic rings. The van der Waals surface area contributed by atoms with E-state index in [0.717, 1.165) is 33.2 Å². The van der Waals surface area contributed by atoms with Gasteiger partial charge in [-0.3, -0.25) is 28.6 Å². The molecule has 2 aliphatic heterocycles. The Bertz CT molecular complexity index is 1980. The fourth-order valence-corrected chi connectivity index (χ4v) is 11.7. The van der Waals surface area contributed by atoms with Crippen molar-refractivity contribution in [3.63, 3.8) is 0 Å². The first kappa shape index (κ1) is 30.3. The zero-order valence-electron chi connectivity index (χ0n) is 25.4. The topological polar surface area (TPSA) is 107 Å². The van der Waals surface area contributed by atoms with Crippen LogP contribution in [0.15, 0.2) is 82.6 Å². The van der Waals surface area contributed by atoms with Gasteiger partial charge in [-0.15, -0.1) is 11.8 Å². The van der Waals surface area contributed by atoms with E-state index in [1.54, 1.807) is 66.9 Å². The van der Waals surface area contributed by atoms with Gasteiger partial charge in [-0.2, -0.15) is 0 Å². The first-order chi connectivity index (χ1) is 22.8. The summed E-state index contributed by atoms with van der Waals surface area (Å²) in [6, 6.07) is 21.7. The zero-order valence-corrected chi connectivity index (χ0v) is 27.8. The fourth-order valence-electron chi connectivity index (χ4n) is 8.38. The van der Waals surface area contributed by atoms with Crippen molar-refractivity contribution in [3.05, 3.63) is 97.9 Å². The number of methoxy groups -OCH3 is 2. The number of hydrogen-bond donors (Lipinski definition) is 1. The van der Waals surface area contributed by atoms with E-state index < -0.39 is 11.8 Å². The van der Waals surface area contributed by atoms with Gasteiger partial charge in [-0.1, -0.05) is 47.2 Å². The number of nitrogens with zero attached hydrogens (tertiary/aromatic N) is 2. The molecule has 2 saturated carbocycles. The maximum Gasteiger partial charge on any atom is 0.308 e. The van der Waals surface area contributed by atoms with Gasteiger partial charge in [0.1, 0.15) is 6.54 Å². The van der Waals surface area contributed by atoms with E-state index in [1.807, 2.05) is 36.4 Å². The molecule has 1 saturated heterocycles. The Morgan fingerprint density at radius 1 is 0.915 bits per heavy atom. The second-order valence-electron chi connectivity index (χ2n) is 12.4. The van der Waals surface area contributed by atoms with Crippen molar-refractivity contribution in [1.29, 1.82) is 0 Å². The summed E-state index contributed by atoms with van der Waals surface area (Å²) in [6.45, 7) is -0.157. The van der Waals surface area contributed by atoms with Gasteiger partial charge in [0.05, 0.1) is 36.8 Å². The molecular formula is C35H30ClN3O6S2. The lowest BCUT2D eigenvalue weighted by molar-refractivity contribution is -0.123. The number of carbonyl (C=O) groups is 3. The van der Waals surface area contributed by atoms with Crippen molar-refractivity contribution in [3.8, 4) is 11.5 Å². The van der Waals surface area contributed by atoms with E-state index in [2.05, 4.69) is 5.32 Å². The minimum Gasteiger partial charge on any atom is -0.493 e. The van der Waals surface area contributed by atoms with Gasteiger partial charge in [0.15, 0.2) is 11.5 Å². The number of thioether (sulfide) groups is 1. The van der Waals surface area contributed by atoms with Crippen LogP contribution in [0, 0.1) is 29.6 Å². The van der Waals surface area contributed by atoms with E-state index in [4.69, 9.17) is 21.1 Å². The van der Waals surface area contributed by atoms with Gasteiger partial charge >= 0.3 is 4.87 Å². The summed E-state index contributed by atoms with van der Waals surface area (Å²) >= 11 is 8.75. The minimum atomic E-state index is -0.416. The molecule has 7 unspecified atom stereocenters. The Hall–Kier alpha value is -4.06. The number of halogens is 1. The predicted octanol–water partition coefficient (Wildman–Crippen LogP) is 5.90. The summed E-state index contributed by atoms with van der Waals surface area (Å²) in [4.78, 5) is 56.9. The molecule has 2 aliphatic carbocycles. The van der Waals surface area contributed by atoms with Gasteiger partial charge in [-0.05, 0) is 78.3 Å². The summed E-state index contributed by atoms with van der Waals surface area (Å²) in [6.07, 6.45) is 0.762. The molecule has 0 spiro atoms. The number of thiazole rings is 1. The SMILES string of the molecule is COc1ccc(C2c3sc(=O)n(CC(=O)Nc4ccc(Cl)cc4)c3SC3C4CC(C5C(=O)N(c6ccccc6)C(=O)C45)C23)cc1OC. The smallest absolute Gasteiger partial charge is 0.308 e. The molecule has 2 bridgehead atoms. The molecule has 0 radical (unpaired) electrons. The Kier molecular flexibility index (Phi) is 7.46. The zero-order chi connectivity index (χ0) is 32.6. The molecule has 9 nitrogen and oxygen atoms in total. The van der Waals surface area contributed by atoms with Crippen LogP contribution >= 0.6 is 34.7 Å². The highest BCUT2D eigenvalue weighted by Gasteiger charge is 2.69. The van der Waals surface area contributed by atoms with Crippen molar-refractivity contribution in [2.45, 2.75) is 29.2 Å². The number of rotatable bonds is 7. The minimum absolute atomic E-state index is 0.00119. The summed E-state index contributed by atoms with van der Waals surface area (Å²) in [7, 11) is 3.17. The predicted molar refractivity (Wildman–Crippen MR) is 181 cm³/mol. The van der Waals surface area contributed by atoms with Crippen LogP contribution in [0.2, 0.25) is 5.02 Å². The average Bonchev–Trinajstić information content (AvgIpc) is 3.80.